The summed E-state index contributed by atoms with van der Waals surface area (Å²) < 4.78 is 0. The Kier molecular flexibility index (Phi) is 3.69. The van der Waals surface area contributed by atoms with Crippen LogP contribution in [0.25, 0.3) is 11.0 Å². The molecule has 0 radical (unpaired) electrons. The van der Waals surface area contributed by atoms with Gasteiger partial charge in [0, 0.05) is 12.5 Å². The molecule has 1 aliphatic heterocycles. The summed E-state index contributed by atoms with van der Waals surface area (Å²) in [4.78, 5) is 8.14. The van der Waals surface area contributed by atoms with Gasteiger partial charge in [0.2, 0.25) is 0 Å². The number of fused-ring (bicyclic) bond motifs is 1. The van der Waals surface area contributed by atoms with Crippen molar-refractivity contribution in [1.82, 2.24) is 15.3 Å². The minimum absolute atomic E-state index is 0. The number of H-pyrrole nitrogens is 1. The van der Waals surface area contributed by atoms with E-state index < -0.39 is 0 Å². The standard InChI is InChI=1S/C13H17N3.ClH/c1-9-4-5-11-12(7-9)16-13(15-11)10-3-2-6-14-8-10;/h4-5,7,10,14H,2-3,6,8H2,1H3,(H,15,16);1H. The Hall–Kier alpha value is -1.06. The molecule has 0 saturated carbocycles. The van der Waals surface area contributed by atoms with Crippen LogP contribution in [-0.2, 0) is 0 Å². The van der Waals surface area contributed by atoms with E-state index in [9.17, 15) is 0 Å². The maximum atomic E-state index is 4.68. The number of aryl methyl sites for hydroxylation is 1. The summed E-state index contributed by atoms with van der Waals surface area (Å²) in [5, 5.41) is 3.43. The molecule has 1 aliphatic rings. The molecule has 1 aromatic carbocycles. The lowest BCUT2D eigenvalue weighted by Gasteiger charge is -2.20. The fourth-order valence-electron chi connectivity index (χ4n) is 2.42. The second-order valence-corrected chi connectivity index (χ2v) is 4.69. The number of nitrogens with zero attached hydrogens (tertiary/aromatic N) is 1. The molecule has 0 bridgehead atoms. The lowest BCUT2D eigenvalue weighted by molar-refractivity contribution is 0.449. The van der Waals surface area contributed by atoms with Crippen LogP contribution in [0, 0.1) is 6.92 Å². The van der Waals surface area contributed by atoms with Crippen molar-refractivity contribution in [2.75, 3.05) is 13.1 Å². The fraction of sp³-hybridized carbons (Fsp3) is 0.462. The number of piperidine rings is 1. The zero-order chi connectivity index (χ0) is 11.0. The Labute approximate surface area is 107 Å². The number of nitrogens with one attached hydrogen (secondary N) is 2. The van der Waals surface area contributed by atoms with Crippen LogP contribution in [0.1, 0.15) is 30.1 Å². The zero-order valence-corrected chi connectivity index (χ0v) is 10.8. The van der Waals surface area contributed by atoms with Crippen molar-refractivity contribution in [3.05, 3.63) is 29.6 Å². The Bertz CT molecular complexity index is 500. The fourth-order valence-corrected chi connectivity index (χ4v) is 2.42. The number of imidazole rings is 1. The summed E-state index contributed by atoms with van der Waals surface area (Å²) >= 11 is 0. The summed E-state index contributed by atoms with van der Waals surface area (Å²) in [6.07, 6.45) is 2.49. The Balaban J connectivity index is 0.00000108. The highest BCUT2D eigenvalue weighted by Crippen LogP contribution is 2.23. The van der Waals surface area contributed by atoms with Gasteiger partial charge in [-0.3, -0.25) is 0 Å². The van der Waals surface area contributed by atoms with E-state index in [2.05, 4.69) is 40.4 Å². The van der Waals surface area contributed by atoms with Crippen LogP contribution in [-0.4, -0.2) is 23.1 Å². The van der Waals surface area contributed by atoms with Crippen LogP contribution in [0.5, 0.6) is 0 Å². The van der Waals surface area contributed by atoms with Crippen LogP contribution in [0.15, 0.2) is 18.2 Å². The summed E-state index contributed by atoms with van der Waals surface area (Å²) in [7, 11) is 0. The van der Waals surface area contributed by atoms with Crippen molar-refractivity contribution in [2.24, 2.45) is 0 Å². The molecule has 1 atom stereocenters. The minimum atomic E-state index is 0. The number of aromatic nitrogens is 2. The van der Waals surface area contributed by atoms with Gasteiger partial charge in [0.05, 0.1) is 11.0 Å². The number of hydrogen-bond acceptors (Lipinski definition) is 2. The number of hydrogen-bond donors (Lipinski definition) is 2. The van der Waals surface area contributed by atoms with E-state index in [1.54, 1.807) is 0 Å². The van der Waals surface area contributed by atoms with Gasteiger partial charge in [-0.05, 0) is 44.0 Å². The van der Waals surface area contributed by atoms with Gasteiger partial charge in [-0.2, -0.15) is 0 Å². The molecule has 2 heterocycles. The first kappa shape index (κ1) is 12.4. The zero-order valence-electron chi connectivity index (χ0n) is 9.99. The molecule has 0 amide bonds. The number of halogens is 1. The van der Waals surface area contributed by atoms with E-state index >= 15 is 0 Å². The van der Waals surface area contributed by atoms with Crippen LogP contribution in [0.3, 0.4) is 0 Å². The van der Waals surface area contributed by atoms with Gasteiger partial charge in [0.15, 0.2) is 0 Å². The molecule has 1 aromatic heterocycles. The second kappa shape index (κ2) is 5.07. The Morgan fingerprint density at radius 1 is 1.35 bits per heavy atom. The van der Waals surface area contributed by atoms with E-state index in [1.165, 1.54) is 23.9 Å². The van der Waals surface area contributed by atoms with Gasteiger partial charge in [-0.25, -0.2) is 4.98 Å². The third-order valence-electron chi connectivity index (χ3n) is 3.34. The molecule has 1 unspecified atom stereocenters. The van der Waals surface area contributed by atoms with Crippen molar-refractivity contribution in [1.29, 1.82) is 0 Å². The van der Waals surface area contributed by atoms with Gasteiger partial charge in [-0.15, -0.1) is 12.4 Å². The average Bonchev–Trinajstić information content (AvgIpc) is 2.73. The molecule has 0 aliphatic carbocycles. The van der Waals surface area contributed by atoms with E-state index in [1.807, 2.05) is 0 Å². The maximum Gasteiger partial charge on any atom is 0.111 e. The summed E-state index contributed by atoms with van der Waals surface area (Å²) in [5.74, 6) is 1.70. The molecule has 2 N–H and O–H groups in total. The third-order valence-corrected chi connectivity index (χ3v) is 3.34. The third kappa shape index (κ3) is 2.45. The number of rotatable bonds is 1. The quantitative estimate of drug-likeness (QED) is 0.818. The van der Waals surface area contributed by atoms with Crippen LogP contribution in [0.2, 0.25) is 0 Å². The van der Waals surface area contributed by atoms with Gasteiger partial charge < -0.3 is 10.3 Å². The Morgan fingerprint density at radius 2 is 2.24 bits per heavy atom. The smallest absolute Gasteiger partial charge is 0.111 e. The van der Waals surface area contributed by atoms with Gasteiger partial charge >= 0.3 is 0 Å². The largest absolute Gasteiger partial charge is 0.342 e. The predicted molar refractivity (Wildman–Crippen MR) is 72.9 cm³/mol. The lowest BCUT2D eigenvalue weighted by Crippen LogP contribution is -2.28. The van der Waals surface area contributed by atoms with E-state index in [-0.39, 0.29) is 12.4 Å². The molecule has 3 nitrogen and oxygen atoms in total. The van der Waals surface area contributed by atoms with Gasteiger partial charge in [0.1, 0.15) is 5.82 Å². The highest BCUT2D eigenvalue weighted by atomic mass is 35.5. The normalized spacial score (nSPS) is 20.2. The molecule has 2 aromatic rings. The SMILES string of the molecule is Cc1ccc2nc(C3CCCNC3)[nH]c2c1.Cl. The van der Waals surface area contributed by atoms with Crippen molar-refractivity contribution in [2.45, 2.75) is 25.7 Å². The predicted octanol–water partition coefficient (Wildman–Crippen LogP) is 2.76. The second-order valence-electron chi connectivity index (χ2n) is 4.69. The molecule has 1 fully saturated rings. The highest BCUT2D eigenvalue weighted by Gasteiger charge is 2.18. The number of benzene rings is 1. The summed E-state index contributed by atoms with van der Waals surface area (Å²) in [6.45, 7) is 4.32. The summed E-state index contributed by atoms with van der Waals surface area (Å²) in [5.41, 5.74) is 3.54. The monoisotopic (exact) mass is 251 g/mol. The van der Waals surface area contributed by atoms with Crippen LogP contribution < -0.4 is 5.32 Å². The summed E-state index contributed by atoms with van der Waals surface area (Å²) in [6, 6.07) is 6.38. The molecule has 92 valence electrons. The maximum absolute atomic E-state index is 4.68. The Morgan fingerprint density at radius 3 is 3.00 bits per heavy atom. The van der Waals surface area contributed by atoms with Crippen molar-refractivity contribution in [3.8, 4) is 0 Å². The topological polar surface area (TPSA) is 40.7 Å². The lowest BCUT2D eigenvalue weighted by atomic mass is 9.99. The first-order valence-corrected chi connectivity index (χ1v) is 6.00. The molecule has 3 rings (SSSR count). The van der Waals surface area contributed by atoms with E-state index in [0.29, 0.717) is 5.92 Å². The van der Waals surface area contributed by atoms with Gasteiger partial charge in [-0.1, -0.05) is 6.07 Å². The first-order valence-electron chi connectivity index (χ1n) is 6.00. The van der Waals surface area contributed by atoms with Crippen LogP contribution in [0.4, 0.5) is 0 Å². The van der Waals surface area contributed by atoms with Crippen LogP contribution >= 0.6 is 12.4 Å². The van der Waals surface area contributed by atoms with E-state index in [4.69, 9.17) is 0 Å². The minimum Gasteiger partial charge on any atom is -0.342 e. The molecule has 4 heteroatoms. The average molecular weight is 252 g/mol. The highest BCUT2D eigenvalue weighted by molar-refractivity contribution is 5.85. The molecular weight excluding hydrogens is 234 g/mol. The van der Waals surface area contributed by atoms with Crippen molar-refractivity contribution < 1.29 is 0 Å². The molecule has 17 heavy (non-hydrogen) atoms. The van der Waals surface area contributed by atoms with Crippen molar-refractivity contribution >= 4 is 23.4 Å². The van der Waals surface area contributed by atoms with E-state index in [0.717, 1.165) is 24.4 Å². The number of aromatic amines is 1. The molecule has 1 saturated heterocycles. The molecular formula is C13H18ClN3. The molecule has 0 spiro atoms. The van der Waals surface area contributed by atoms with Crippen molar-refractivity contribution in [3.63, 3.8) is 0 Å². The van der Waals surface area contributed by atoms with Gasteiger partial charge in [0.25, 0.3) is 0 Å². The first-order chi connectivity index (χ1) is 7.83.